The van der Waals surface area contributed by atoms with Crippen molar-refractivity contribution in [3.63, 3.8) is 0 Å². The molecule has 1 aromatic carbocycles. The summed E-state index contributed by atoms with van der Waals surface area (Å²) in [6, 6.07) is 7.16. The van der Waals surface area contributed by atoms with Crippen molar-refractivity contribution >= 4 is 17.6 Å². The molecule has 0 radical (unpaired) electrons. The van der Waals surface area contributed by atoms with Gasteiger partial charge in [-0.3, -0.25) is 4.79 Å². The second kappa shape index (κ2) is 8.48. The fraction of sp³-hybridized carbons (Fsp3) is 0.600. The topological polar surface area (TPSA) is 67.4 Å². The maximum Gasteiger partial charge on any atom is 0.337 e. The Balaban J connectivity index is 1.91. The number of ether oxygens (including phenoxy) is 1. The van der Waals surface area contributed by atoms with Crippen LogP contribution in [0.2, 0.25) is 0 Å². The van der Waals surface area contributed by atoms with Gasteiger partial charge in [-0.25, -0.2) is 4.79 Å². The van der Waals surface area contributed by atoms with Gasteiger partial charge in [0, 0.05) is 11.7 Å². The summed E-state index contributed by atoms with van der Waals surface area (Å²) in [7, 11) is 1.34. The molecule has 1 aliphatic rings. The third kappa shape index (κ3) is 5.56. The number of nitrogens with one attached hydrogen (secondary N) is 2. The Kier molecular flexibility index (Phi) is 6.59. The number of benzene rings is 1. The fourth-order valence-electron chi connectivity index (χ4n) is 3.68. The average molecular weight is 346 g/mol. The van der Waals surface area contributed by atoms with Crippen LogP contribution in [0.1, 0.15) is 56.8 Å². The van der Waals surface area contributed by atoms with E-state index in [2.05, 4.69) is 31.4 Å². The van der Waals surface area contributed by atoms with Gasteiger partial charge in [-0.2, -0.15) is 0 Å². The van der Waals surface area contributed by atoms with Crippen molar-refractivity contribution in [1.29, 1.82) is 0 Å². The zero-order valence-corrected chi connectivity index (χ0v) is 15.7. The van der Waals surface area contributed by atoms with Crippen LogP contribution >= 0.6 is 0 Å². The highest BCUT2D eigenvalue weighted by Crippen LogP contribution is 2.37. The van der Waals surface area contributed by atoms with Gasteiger partial charge in [0.1, 0.15) is 0 Å². The Hall–Kier alpha value is -1.88. The van der Waals surface area contributed by atoms with E-state index >= 15 is 0 Å². The van der Waals surface area contributed by atoms with Gasteiger partial charge >= 0.3 is 5.97 Å². The predicted octanol–water partition coefficient (Wildman–Crippen LogP) is 3.61. The Morgan fingerprint density at radius 1 is 1.20 bits per heavy atom. The van der Waals surface area contributed by atoms with Gasteiger partial charge in [0.2, 0.25) is 5.91 Å². The Morgan fingerprint density at radius 2 is 1.92 bits per heavy atom. The summed E-state index contributed by atoms with van der Waals surface area (Å²) in [6.45, 7) is 7.10. The predicted molar refractivity (Wildman–Crippen MR) is 99.6 cm³/mol. The molecule has 2 atom stereocenters. The van der Waals surface area contributed by atoms with Crippen molar-refractivity contribution in [3.05, 3.63) is 29.8 Å². The number of carbonyl (C=O) groups excluding carboxylic acids is 2. The summed E-state index contributed by atoms with van der Waals surface area (Å²) in [5.74, 6) is 0.0707. The van der Waals surface area contributed by atoms with E-state index in [9.17, 15) is 9.59 Å². The Morgan fingerprint density at radius 3 is 2.60 bits per heavy atom. The van der Waals surface area contributed by atoms with Crippen LogP contribution < -0.4 is 10.6 Å². The molecule has 0 aliphatic heterocycles. The Bertz CT molecular complexity index is 607. The third-order valence-electron chi connectivity index (χ3n) is 4.97. The number of anilines is 1. The number of amides is 1. The number of rotatable bonds is 5. The summed E-state index contributed by atoms with van der Waals surface area (Å²) >= 11 is 0. The molecular weight excluding hydrogens is 316 g/mol. The highest BCUT2D eigenvalue weighted by atomic mass is 16.5. The van der Waals surface area contributed by atoms with Crippen molar-refractivity contribution in [2.75, 3.05) is 19.0 Å². The summed E-state index contributed by atoms with van der Waals surface area (Å²) in [6.07, 6.45) is 4.82. The van der Waals surface area contributed by atoms with E-state index in [1.165, 1.54) is 26.4 Å². The lowest BCUT2D eigenvalue weighted by atomic mass is 9.69. The van der Waals surface area contributed by atoms with Crippen LogP contribution in [0.4, 0.5) is 5.69 Å². The smallest absolute Gasteiger partial charge is 0.337 e. The van der Waals surface area contributed by atoms with Crippen molar-refractivity contribution in [2.24, 2.45) is 11.3 Å². The Labute approximate surface area is 150 Å². The molecule has 0 aromatic heterocycles. The van der Waals surface area contributed by atoms with Crippen LogP contribution in [0.25, 0.3) is 0 Å². The van der Waals surface area contributed by atoms with Crippen molar-refractivity contribution in [3.8, 4) is 0 Å². The van der Waals surface area contributed by atoms with Crippen molar-refractivity contribution in [1.82, 2.24) is 5.32 Å². The SMILES string of the molecule is COC(=O)c1cccc(NC(=O)CNC2CCCCC2C(C)(C)C)c1. The van der Waals surface area contributed by atoms with Crippen LogP contribution in [0.15, 0.2) is 24.3 Å². The molecule has 2 N–H and O–H groups in total. The average Bonchev–Trinajstić information content (AvgIpc) is 2.59. The first-order chi connectivity index (χ1) is 11.8. The molecule has 138 valence electrons. The van der Waals surface area contributed by atoms with Gasteiger partial charge < -0.3 is 15.4 Å². The van der Waals surface area contributed by atoms with Crippen molar-refractivity contribution in [2.45, 2.75) is 52.5 Å². The van der Waals surface area contributed by atoms with Gasteiger partial charge in [-0.1, -0.05) is 39.7 Å². The molecule has 1 saturated carbocycles. The number of hydrogen-bond acceptors (Lipinski definition) is 4. The lowest BCUT2D eigenvalue weighted by Gasteiger charge is -2.40. The summed E-state index contributed by atoms with van der Waals surface area (Å²) in [4.78, 5) is 23.8. The highest BCUT2D eigenvalue weighted by Gasteiger charge is 2.33. The molecule has 0 bridgehead atoms. The molecule has 1 aliphatic carbocycles. The molecule has 0 heterocycles. The third-order valence-corrected chi connectivity index (χ3v) is 4.97. The maximum absolute atomic E-state index is 12.3. The molecule has 5 heteroatoms. The van der Waals surface area contributed by atoms with E-state index in [4.69, 9.17) is 4.74 Å². The molecule has 5 nitrogen and oxygen atoms in total. The quantitative estimate of drug-likeness (QED) is 0.799. The number of esters is 1. The monoisotopic (exact) mass is 346 g/mol. The summed E-state index contributed by atoms with van der Waals surface area (Å²) in [5, 5.41) is 6.29. The second-order valence-corrected chi connectivity index (χ2v) is 7.86. The first-order valence-electron chi connectivity index (χ1n) is 9.03. The number of hydrogen-bond donors (Lipinski definition) is 2. The number of methoxy groups -OCH3 is 1. The van der Waals surface area contributed by atoms with E-state index < -0.39 is 5.97 Å². The van der Waals surface area contributed by atoms with Gasteiger partial charge in [-0.05, 0) is 42.4 Å². The molecule has 1 amide bonds. The minimum Gasteiger partial charge on any atom is -0.465 e. The molecule has 2 rings (SSSR count). The summed E-state index contributed by atoms with van der Waals surface area (Å²) in [5.41, 5.74) is 1.27. The van der Waals surface area contributed by atoms with Crippen LogP contribution in [0.3, 0.4) is 0 Å². The maximum atomic E-state index is 12.3. The van der Waals surface area contributed by atoms with Crippen LogP contribution in [-0.2, 0) is 9.53 Å². The van der Waals surface area contributed by atoms with E-state index in [0.717, 1.165) is 6.42 Å². The van der Waals surface area contributed by atoms with Crippen LogP contribution in [0, 0.1) is 11.3 Å². The first-order valence-corrected chi connectivity index (χ1v) is 9.03. The molecule has 0 spiro atoms. The van der Waals surface area contributed by atoms with E-state index in [0.29, 0.717) is 23.2 Å². The van der Waals surface area contributed by atoms with Crippen LogP contribution in [-0.4, -0.2) is 31.6 Å². The zero-order valence-electron chi connectivity index (χ0n) is 15.7. The highest BCUT2D eigenvalue weighted by molar-refractivity contribution is 5.95. The summed E-state index contributed by atoms with van der Waals surface area (Å²) < 4.78 is 4.70. The molecule has 1 fully saturated rings. The normalized spacial score (nSPS) is 20.8. The van der Waals surface area contributed by atoms with E-state index in [-0.39, 0.29) is 17.9 Å². The largest absolute Gasteiger partial charge is 0.465 e. The number of carbonyl (C=O) groups is 2. The minimum absolute atomic E-state index is 0.0970. The lowest BCUT2D eigenvalue weighted by Crippen LogP contribution is -2.46. The van der Waals surface area contributed by atoms with E-state index in [1.54, 1.807) is 24.3 Å². The lowest BCUT2D eigenvalue weighted by molar-refractivity contribution is -0.115. The molecule has 25 heavy (non-hydrogen) atoms. The first kappa shape index (κ1) is 19.4. The minimum atomic E-state index is -0.413. The molecule has 1 aromatic rings. The van der Waals surface area contributed by atoms with Crippen LogP contribution in [0.5, 0.6) is 0 Å². The molecule has 0 saturated heterocycles. The van der Waals surface area contributed by atoms with Gasteiger partial charge in [-0.15, -0.1) is 0 Å². The van der Waals surface area contributed by atoms with Gasteiger partial charge in [0.05, 0.1) is 19.2 Å². The molecule has 2 unspecified atom stereocenters. The molecular formula is C20H30N2O3. The second-order valence-electron chi connectivity index (χ2n) is 7.86. The van der Waals surface area contributed by atoms with Gasteiger partial charge in [0.15, 0.2) is 0 Å². The van der Waals surface area contributed by atoms with E-state index in [1.807, 2.05) is 0 Å². The fourth-order valence-corrected chi connectivity index (χ4v) is 3.68. The zero-order chi connectivity index (χ0) is 18.4. The van der Waals surface area contributed by atoms with Gasteiger partial charge in [0.25, 0.3) is 0 Å². The standard InChI is InChI=1S/C20H30N2O3/c1-20(2,3)16-10-5-6-11-17(16)21-13-18(23)22-15-9-7-8-14(12-15)19(24)25-4/h7-9,12,16-17,21H,5-6,10-11,13H2,1-4H3,(H,22,23). The van der Waals surface area contributed by atoms with Crippen molar-refractivity contribution < 1.29 is 14.3 Å².